The molecule has 168 valence electrons. The van der Waals surface area contributed by atoms with Crippen molar-refractivity contribution >= 4 is 28.8 Å². The first-order chi connectivity index (χ1) is 15.8. The zero-order valence-corrected chi connectivity index (χ0v) is 19.8. The number of aromatic nitrogens is 3. The molecule has 0 radical (unpaired) electrons. The largest absolute Gasteiger partial charge is 0.330 e. The molecule has 0 aliphatic carbocycles. The lowest BCUT2D eigenvalue weighted by Crippen LogP contribution is -2.35. The summed E-state index contributed by atoms with van der Waals surface area (Å²) in [6, 6.07) is 17.4. The maximum Gasteiger partial charge on any atom is 0.293 e. The molecule has 0 atom stereocenters. The zero-order valence-electron chi connectivity index (χ0n) is 19.0. The van der Waals surface area contributed by atoms with E-state index in [1.54, 1.807) is 11.7 Å². The Morgan fingerprint density at radius 2 is 1.73 bits per heavy atom. The van der Waals surface area contributed by atoms with Gasteiger partial charge in [0.1, 0.15) is 0 Å². The highest BCUT2D eigenvalue weighted by Gasteiger charge is 2.23. The van der Waals surface area contributed by atoms with Gasteiger partial charge in [-0.15, -0.1) is 16.4 Å². The van der Waals surface area contributed by atoms with Crippen LogP contribution in [0.5, 0.6) is 0 Å². The molecule has 0 saturated heterocycles. The zero-order chi connectivity index (χ0) is 23.5. The molecule has 0 aliphatic heterocycles. The first-order valence-electron chi connectivity index (χ1n) is 10.5. The van der Waals surface area contributed by atoms with E-state index in [1.807, 2.05) is 80.7 Å². The number of amides is 2. The van der Waals surface area contributed by atoms with E-state index in [-0.39, 0.29) is 18.3 Å². The number of nitrogens with zero attached hydrogens (tertiary/aromatic N) is 4. The lowest BCUT2D eigenvalue weighted by atomic mass is 10.1. The number of benzene rings is 2. The van der Waals surface area contributed by atoms with Crippen molar-refractivity contribution in [3.05, 3.63) is 82.5 Å². The summed E-state index contributed by atoms with van der Waals surface area (Å²) in [5.74, 6) is -0.0691. The van der Waals surface area contributed by atoms with Gasteiger partial charge in [-0.05, 0) is 55.5 Å². The number of hydrogen-bond acceptors (Lipinski definition) is 5. The predicted octanol–water partition coefficient (Wildman–Crippen LogP) is 4.63. The van der Waals surface area contributed by atoms with Gasteiger partial charge in [0.25, 0.3) is 5.91 Å². The van der Waals surface area contributed by atoms with Crippen molar-refractivity contribution in [2.45, 2.75) is 20.8 Å². The van der Waals surface area contributed by atoms with E-state index in [4.69, 9.17) is 0 Å². The number of hydrogen-bond donors (Lipinski definition) is 1. The number of para-hydroxylation sites is 1. The molecule has 0 spiro atoms. The molecule has 2 amide bonds. The molecule has 0 aliphatic rings. The highest BCUT2D eigenvalue weighted by Crippen LogP contribution is 2.26. The second-order valence-electron chi connectivity index (χ2n) is 7.97. The van der Waals surface area contributed by atoms with Crippen molar-refractivity contribution in [1.29, 1.82) is 0 Å². The molecule has 2 aromatic carbocycles. The number of likely N-dealkylation sites (N-methyl/N-ethyl adjacent to an activating group) is 1. The third-order valence-electron chi connectivity index (χ3n) is 5.21. The van der Waals surface area contributed by atoms with Gasteiger partial charge in [0, 0.05) is 12.7 Å². The molecule has 1 N–H and O–H groups in total. The normalized spacial score (nSPS) is 10.8. The van der Waals surface area contributed by atoms with Crippen LogP contribution in [0.1, 0.15) is 27.3 Å². The fourth-order valence-electron chi connectivity index (χ4n) is 3.73. The van der Waals surface area contributed by atoms with E-state index < -0.39 is 5.91 Å². The van der Waals surface area contributed by atoms with Gasteiger partial charge >= 0.3 is 0 Å². The second kappa shape index (κ2) is 9.38. The van der Waals surface area contributed by atoms with Gasteiger partial charge in [-0.25, -0.2) is 9.67 Å². The fraction of sp³-hybridized carbons (Fsp3) is 0.200. The van der Waals surface area contributed by atoms with Gasteiger partial charge < -0.3 is 10.2 Å². The minimum absolute atomic E-state index is 0.0419. The molecule has 0 fully saturated rings. The van der Waals surface area contributed by atoms with Gasteiger partial charge in [-0.1, -0.05) is 42.0 Å². The Hall–Kier alpha value is -3.78. The average molecular weight is 460 g/mol. The van der Waals surface area contributed by atoms with Crippen LogP contribution in [-0.4, -0.2) is 45.1 Å². The number of nitrogens with one attached hydrogen (secondary N) is 1. The highest BCUT2D eigenvalue weighted by atomic mass is 32.1. The number of thiophene rings is 1. The Kier molecular flexibility index (Phi) is 6.37. The fourth-order valence-corrected chi connectivity index (χ4v) is 4.43. The molecule has 0 saturated carbocycles. The third-order valence-corrected chi connectivity index (χ3v) is 6.08. The van der Waals surface area contributed by atoms with Crippen molar-refractivity contribution in [1.82, 2.24) is 19.7 Å². The highest BCUT2D eigenvalue weighted by molar-refractivity contribution is 7.13. The summed E-state index contributed by atoms with van der Waals surface area (Å²) in [6.07, 6.45) is 0. The molecular weight excluding hydrogens is 434 g/mol. The first-order valence-corrected chi connectivity index (χ1v) is 11.4. The smallest absolute Gasteiger partial charge is 0.293 e. The van der Waals surface area contributed by atoms with E-state index >= 15 is 0 Å². The minimum Gasteiger partial charge on any atom is -0.330 e. The van der Waals surface area contributed by atoms with Crippen LogP contribution in [0, 0.1) is 20.8 Å². The number of carbonyl (C=O) groups excluding carboxylic acids is 2. The van der Waals surface area contributed by atoms with Crippen LogP contribution in [0.2, 0.25) is 0 Å². The summed E-state index contributed by atoms with van der Waals surface area (Å²) in [5.41, 5.74) is 4.69. The van der Waals surface area contributed by atoms with Crippen LogP contribution >= 0.6 is 11.3 Å². The number of rotatable bonds is 6. The molecule has 4 aromatic rings. The summed E-state index contributed by atoms with van der Waals surface area (Å²) < 4.78 is 1.66. The summed E-state index contributed by atoms with van der Waals surface area (Å²) in [7, 11) is 1.57. The van der Waals surface area contributed by atoms with Crippen molar-refractivity contribution in [3.63, 3.8) is 0 Å². The molecule has 0 unspecified atom stereocenters. The van der Waals surface area contributed by atoms with Crippen molar-refractivity contribution in [2.75, 3.05) is 18.9 Å². The third kappa shape index (κ3) is 4.85. The van der Waals surface area contributed by atoms with Gasteiger partial charge in [-0.2, -0.15) is 0 Å². The lowest BCUT2D eigenvalue weighted by Gasteiger charge is -2.17. The Balaban J connectivity index is 1.55. The summed E-state index contributed by atoms with van der Waals surface area (Å²) >= 11 is 1.52. The topological polar surface area (TPSA) is 80.1 Å². The SMILES string of the molecule is Cc1cc(C)c(NC(=O)CN(C)C(=O)c2nc(-c3cccs3)n(-c3ccccc3)n2)c(C)c1. The lowest BCUT2D eigenvalue weighted by molar-refractivity contribution is -0.116. The standard InChI is InChI=1S/C25H25N5O2S/c1-16-13-17(2)22(18(3)14-16)26-21(31)15-29(4)25(32)23-27-24(20-11-8-12-33-20)30(28-23)19-9-6-5-7-10-19/h5-14H,15H2,1-4H3,(H,26,31). The molecule has 7 nitrogen and oxygen atoms in total. The Morgan fingerprint density at radius 1 is 1.03 bits per heavy atom. The summed E-state index contributed by atoms with van der Waals surface area (Å²) in [6.45, 7) is 5.82. The monoisotopic (exact) mass is 459 g/mol. The van der Waals surface area contributed by atoms with E-state index in [1.165, 1.54) is 16.2 Å². The van der Waals surface area contributed by atoms with Crippen LogP contribution in [-0.2, 0) is 4.79 Å². The summed E-state index contributed by atoms with van der Waals surface area (Å²) in [4.78, 5) is 32.5. The first kappa shape index (κ1) is 22.4. The van der Waals surface area contributed by atoms with Gasteiger partial charge in [-0.3, -0.25) is 9.59 Å². The average Bonchev–Trinajstić information content (AvgIpc) is 3.46. The molecule has 33 heavy (non-hydrogen) atoms. The summed E-state index contributed by atoms with van der Waals surface area (Å²) in [5, 5.41) is 9.36. The number of carbonyl (C=O) groups is 2. The van der Waals surface area contributed by atoms with Gasteiger partial charge in [0.05, 0.1) is 17.1 Å². The van der Waals surface area contributed by atoms with Crippen LogP contribution in [0.4, 0.5) is 5.69 Å². The van der Waals surface area contributed by atoms with Crippen molar-refractivity contribution in [3.8, 4) is 16.4 Å². The molecule has 4 rings (SSSR count). The van der Waals surface area contributed by atoms with E-state index in [0.717, 1.165) is 32.9 Å². The van der Waals surface area contributed by atoms with E-state index in [9.17, 15) is 9.59 Å². The van der Waals surface area contributed by atoms with Crippen LogP contribution in [0.15, 0.2) is 60.0 Å². The second-order valence-corrected chi connectivity index (χ2v) is 8.91. The maximum absolute atomic E-state index is 13.1. The van der Waals surface area contributed by atoms with E-state index in [0.29, 0.717) is 5.82 Å². The van der Waals surface area contributed by atoms with Gasteiger partial charge in [0.15, 0.2) is 5.82 Å². The van der Waals surface area contributed by atoms with Gasteiger partial charge in [0.2, 0.25) is 11.7 Å². The van der Waals surface area contributed by atoms with E-state index in [2.05, 4.69) is 15.4 Å². The van der Waals surface area contributed by atoms with Crippen molar-refractivity contribution in [2.24, 2.45) is 0 Å². The molecule has 2 heterocycles. The van der Waals surface area contributed by atoms with Crippen LogP contribution in [0.3, 0.4) is 0 Å². The Morgan fingerprint density at radius 3 is 2.36 bits per heavy atom. The number of anilines is 1. The minimum atomic E-state index is -0.421. The van der Waals surface area contributed by atoms with Crippen LogP contribution in [0.25, 0.3) is 16.4 Å². The Labute approximate surface area is 196 Å². The molecular formula is C25H25N5O2S. The Bertz CT molecular complexity index is 1270. The maximum atomic E-state index is 13.1. The number of aryl methyl sites for hydroxylation is 3. The molecule has 8 heteroatoms. The molecule has 2 aromatic heterocycles. The quantitative estimate of drug-likeness (QED) is 0.456. The predicted molar refractivity (Wildman–Crippen MR) is 131 cm³/mol. The van der Waals surface area contributed by atoms with Crippen LogP contribution < -0.4 is 5.32 Å². The molecule has 0 bridgehead atoms. The van der Waals surface area contributed by atoms with Crippen molar-refractivity contribution < 1.29 is 9.59 Å².